The van der Waals surface area contributed by atoms with Gasteiger partial charge in [-0.1, -0.05) is 30.3 Å². The van der Waals surface area contributed by atoms with Crippen LogP contribution in [-0.2, 0) is 16.1 Å². The number of carbonyl (C=O) groups excluding carboxylic acids is 1. The molecule has 0 bridgehead atoms. The second-order valence-corrected chi connectivity index (χ2v) is 2.79. The van der Waals surface area contributed by atoms with Gasteiger partial charge in [0.1, 0.15) is 6.61 Å². The molecule has 0 aromatic heterocycles. The van der Waals surface area contributed by atoms with Gasteiger partial charge in [0.25, 0.3) is 0 Å². The highest BCUT2D eigenvalue weighted by Gasteiger charge is 2.14. The highest BCUT2D eigenvalue weighted by atomic mass is 16.5. The molecule has 2 N–H and O–H groups in total. The fraction of sp³-hybridized carbons (Fsp3) is 0.300. The number of hydrogen-bond donors (Lipinski definition) is 2. The topological polar surface area (TPSA) is 66.8 Å². The summed E-state index contributed by atoms with van der Waals surface area (Å²) in [6.07, 6.45) is -1.45. The molecular formula is C10H12O4. The lowest BCUT2D eigenvalue weighted by Crippen LogP contribution is -2.26. The summed E-state index contributed by atoms with van der Waals surface area (Å²) in [6.45, 7) is -0.510. The van der Waals surface area contributed by atoms with E-state index in [2.05, 4.69) is 0 Å². The molecule has 1 aromatic rings. The Kier molecular flexibility index (Phi) is 4.10. The highest BCUT2D eigenvalue weighted by Crippen LogP contribution is 2.01. The molecule has 1 rings (SSSR count). The van der Waals surface area contributed by atoms with Gasteiger partial charge in [-0.25, -0.2) is 4.79 Å². The van der Waals surface area contributed by atoms with Gasteiger partial charge >= 0.3 is 5.97 Å². The summed E-state index contributed by atoms with van der Waals surface area (Å²) < 4.78 is 4.73. The molecule has 14 heavy (non-hydrogen) atoms. The lowest BCUT2D eigenvalue weighted by Gasteiger charge is -2.07. The first kappa shape index (κ1) is 10.7. The van der Waals surface area contributed by atoms with Crippen molar-refractivity contribution in [1.29, 1.82) is 0 Å². The molecule has 1 atom stereocenters. The molecule has 0 radical (unpaired) electrons. The summed E-state index contributed by atoms with van der Waals surface area (Å²) in [5.41, 5.74) is 0.839. The molecular weight excluding hydrogens is 184 g/mol. The van der Waals surface area contributed by atoms with Gasteiger partial charge in [-0.15, -0.1) is 0 Å². The third-order valence-corrected chi connectivity index (χ3v) is 1.67. The zero-order valence-electron chi connectivity index (χ0n) is 7.59. The van der Waals surface area contributed by atoms with Crippen molar-refractivity contribution in [2.45, 2.75) is 12.7 Å². The van der Waals surface area contributed by atoms with Crippen LogP contribution in [-0.4, -0.2) is 28.9 Å². The van der Waals surface area contributed by atoms with Crippen molar-refractivity contribution in [2.75, 3.05) is 6.61 Å². The van der Waals surface area contributed by atoms with Crippen LogP contribution in [0.3, 0.4) is 0 Å². The van der Waals surface area contributed by atoms with Crippen molar-refractivity contribution < 1.29 is 19.7 Å². The van der Waals surface area contributed by atoms with Crippen molar-refractivity contribution in [3.05, 3.63) is 35.9 Å². The summed E-state index contributed by atoms with van der Waals surface area (Å²) >= 11 is 0. The van der Waals surface area contributed by atoms with Gasteiger partial charge in [0.15, 0.2) is 6.10 Å². The normalized spacial score (nSPS) is 12.1. The Bertz CT molecular complexity index is 283. The zero-order valence-corrected chi connectivity index (χ0v) is 7.59. The summed E-state index contributed by atoms with van der Waals surface area (Å²) in [5, 5.41) is 17.3. The van der Waals surface area contributed by atoms with E-state index < -0.39 is 18.7 Å². The summed E-state index contributed by atoms with van der Waals surface area (Å²) in [4.78, 5) is 10.9. The summed E-state index contributed by atoms with van der Waals surface area (Å²) in [7, 11) is 0. The molecule has 0 saturated carbocycles. The maximum Gasteiger partial charge on any atom is 0.337 e. The molecule has 76 valence electrons. The maximum atomic E-state index is 10.9. The van der Waals surface area contributed by atoms with Gasteiger partial charge in [-0.2, -0.15) is 0 Å². The number of esters is 1. The van der Waals surface area contributed by atoms with E-state index in [4.69, 9.17) is 14.9 Å². The Balaban J connectivity index is 2.38. The standard InChI is InChI=1S/C10H12O4/c11-6-9(12)10(13)14-7-8-4-2-1-3-5-8/h1-5,9,11-12H,6-7H2/t9-/m1/s1. The minimum absolute atomic E-state index is 0.108. The fourth-order valence-corrected chi connectivity index (χ4v) is 0.899. The molecule has 0 fully saturated rings. The Hall–Kier alpha value is -1.39. The predicted octanol–water partition coefficient (Wildman–Crippen LogP) is 0.0830. The van der Waals surface area contributed by atoms with E-state index in [-0.39, 0.29) is 6.61 Å². The van der Waals surface area contributed by atoms with Crippen molar-refractivity contribution >= 4 is 5.97 Å². The van der Waals surface area contributed by atoms with E-state index in [0.29, 0.717) is 0 Å². The van der Waals surface area contributed by atoms with Crippen LogP contribution < -0.4 is 0 Å². The van der Waals surface area contributed by atoms with Crippen LogP contribution in [0, 0.1) is 0 Å². The van der Waals surface area contributed by atoms with Crippen molar-refractivity contribution in [3.8, 4) is 0 Å². The Morgan fingerprint density at radius 2 is 2.00 bits per heavy atom. The number of benzene rings is 1. The third-order valence-electron chi connectivity index (χ3n) is 1.67. The van der Waals surface area contributed by atoms with E-state index in [1.165, 1.54) is 0 Å². The molecule has 0 amide bonds. The van der Waals surface area contributed by atoms with Crippen LogP contribution >= 0.6 is 0 Å². The molecule has 0 unspecified atom stereocenters. The molecule has 0 saturated heterocycles. The predicted molar refractivity (Wildman–Crippen MR) is 49.3 cm³/mol. The largest absolute Gasteiger partial charge is 0.459 e. The molecule has 0 aliphatic heterocycles. The monoisotopic (exact) mass is 196 g/mol. The fourth-order valence-electron chi connectivity index (χ4n) is 0.899. The van der Waals surface area contributed by atoms with Crippen LogP contribution in [0.2, 0.25) is 0 Å². The first-order valence-electron chi connectivity index (χ1n) is 4.23. The quantitative estimate of drug-likeness (QED) is 0.669. The van der Waals surface area contributed by atoms with Gasteiger partial charge in [0.2, 0.25) is 0 Å². The van der Waals surface area contributed by atoms with Crippen LogP contribution in [0.1, 0.15) is 5.56 Å². The average Bonchev–Trinajstić information content (AvgIpc) is 2.26. The van der Waals surface area contributed by atoms with Crippen molar-refractivity contribution in [1.82, 2.24) is 0 Å². The van der Waals surface area contributed by atoms with E-state index in [1.807, 2.05) is 18.2 Å². The molecule has 0 heterocycles. The van der Waals surface area contributed by atoms with E-state index in [1.54, 1.807) is 12.1 Å². The van der Waals surface area contributed by atoms with E-state index >= 15 is 0 Å². The first-order valence-corrected chi connectivity index (χ1v) is 4.23. The lowest BCUT2D eigenvalue weighted by molar-refractivity contribution is -0.156. The summed E-state index contributed by atoms with van der Waals surface area (Å²) in [5.74, 6) is -0.809. The van der Waals surface area contributed by atoms with E-state index in [0.717, 1.165) is 5.56 Å². The maximum absolute atomic E-state index is 10.9. The van der Waals surface area contributed by atoms with Crippen LogP contribution in [0.15, 0.2) is 30.3 Å². The van der Waals surface area contributed by atoms with E-state index in [9.17, 15) is 4.79 Å². The van der Waals surface area contributed by atoms with Gasteiger partial charge in [-0.05, 0) is 5.56 Å². The second kappa shape index (κ2) is 5.36. The Morgan fingerprint density at radius 1 is 1.36 bits per heavy atom. The van der Waals surface area contributed by atoms with Crippen molar-refractivity contribution in [3.63, 3.8) is 0 Å². The molecule has 0 aliphatic carbocycles. The average molecular weight is 196 g/mol. The number of rotatable bonds is 4. The molecule has 1 aromatic carbocycles. The SMILES string of the molecule is O=C(OCc1ccccc1)[C@H](O)CO. The highest BCUT2D eigenvalue weighted by molar-refractivity contribution is 5.74. The smallest absolute Gasteiger partial charge is 0.337 e. The minimum Gasteiger partial charge on any atom is -0.459 e. The van der Waals surface area contributed by atoms with Crippen LogP contribution in [0.25, 0.3) is 0 Å². The van der Waals surface area contributed by atoms with Crippen molar-refractivity contribution in [2.24, 2.45) is 0 Å². The number of hydrogen-bond acceptors (Lipinski definition) is 4. The van der Waals surface area contributed by atoms with Crippen LogP contribution in [0.4, 0.5) is 0 Å². The van der Waals surface area contributed by atoms with Gasteiger partial charge in [0.05, 0.1) is 6.61 Å². The molecule has 4 heteroatoms. The first-order chi connectivity index (χ1) is 6.74. The number of ether oxygens (including phenoxy) is 1. The minimum atomic E-state index is -1.45. The molecule has 4 nitrogen and oxygen atoms in total. The van der Waals surface area contributed by atoms with Crippen LogP contribution in [0.5, 0.6) is 0 Å². The lowest BCUT2D eigenvalue weighted by atomic mass is 10.2. The number of carbonyl (C=O) groups is 1. The van der Waals surface area contributed by atoms with Gasteiger partial charge < -0.3 is 14.9 Å². The zero-order chi connectivity index (χ0) is 10.4. The Labute approximate surface area is 81.8 Å². The molecule has 0 aliphatic rings. The third kappa shape index (κ3) is 3.16. The number of aliphatic hydroxyl groups excluding tert-OH is 2. The van der Waals surface area contributed by atoms with Gasteiger partial charge in [-0.3, -0.25) is 0 Å². The number of aliphatic hydroxyl groups is 2. The van der Waals surface area contributed by atoms with Gasteiger partial charge in [0, 0.05) is 0 Å². The molecule has 0 spiro atoms. The summed E-state index contributed by atoms with van der Waals surface area (Å²) in [6, 6.07) is 9.11. The Morgan fingerprint density at radius 3 is 2.57 bits per heavy atom. The second-order valence-electron chi connectivity index (χ2n) is 2.79.